The van der Waals surface area contributed by atoms with Gasteiger partial charge in [-0.25, -0.2) is 0 Å². The average Bonchev–Trinajstić information content (AvgIpc) is 2.76. The molecule has 0 spiro atoms. The van der Waals surface area contributed by atoms with Crippen LogP contribution in [0.1, 0.15) is 67.6 Å². The number of benzene rings is 2. The molecule has 2 aromatic rings. The molecule has 0 aliphatic rings. The van der Waals surface area contributed by atoms with E-state index in [0.717, 1.165) is 29.6 Å². The lowest BCUT2D eigenvalue weighted by Crippen LogP contribution is -2.12. The van der Waals surface area contributed by atoms with Gasteiger partial charge in [0.25, 0.3) is 0 Å². The van der Waals surface area contributed by atoms with Gasteiger partial charge in [0.2, 0.25) is 5.78 Å². The van der Waals surface area contributed by atoms with Gasteiger partial charge in [-0.2, -0.15) is 0 Å². The van der Waals surface area contributed by atoms with Crippen molar-refractivity contribution in [3.05, 3.63) is 82.5 Å². The Hall–Kier alpha value is -3.47. The number of methoxy groups -OCH3 is 1. The molecule has 3 N–H and O–H groups in total. The zero-order valence-electron chi connectivity index (χ0n) is 20.9. The second kappa shape index (κ2) is 11.6. The maximum Gasteiger partial charge on any atom is 0.200 e. The summed E-state index contributed by atoms with van der Waals surface area (Å²) in [6.45, 7) is 15.9. The number of aromatic hydroxyl groups is 3. The summed E-state index contributed by atoms with van der Waals surface area (Å²) in [5, 5.41) is 32.3. The third-order valence-corrected chi connectivity index (χ3v) is 5.91. The fourth-order valence-corrected chi connectivity index (χ4v) is 3.94. The molecule has 2 aromatic carbocycles. The molecule has 0 aromatic heterocycles. The minimum atomic E-state index is -0.581. The van der Waals surface area contributed by atoms with Gasteiger partial charge in [0, 0.05) is 16.7 Å². The van der Waals surface area contributed by atoms with Gasteiger partial charge < -0.3 is 20.1 Å². The second-order valence-corrected chi connectivity index (χ2v) is 9.17. The van der Waals surface area contributed by atoms with E-state index in [0.29, 0.717) is 29.7 Å². The maximum atomic E-state index is 13.4. The van der Waals surface area contributed by atoms with Crippen molar-refractivity contribution in [2.24, 2.45) is 5.92 Å². The van der Waals surface area contributed by atoms with Crippen LogP contribution in [0.3, 0.4) is 0 Å². The van der Waals surface area contributed by atoms with Crippen LogP contribution in [-0.2, 0) is 12.8 Å². The summed E-state index contributed by atoms with van der Waals surface area (Å²) in [7, 11) is 1.49. The van der Waals surface area contributed by atoms with Crippen LogP contribution in [0.5, 0.6) is 23.0 Å². The molecule has 1 unspecified atom stereocenters. The zero-order valence-corrected chi connectivity index (χ0v) is 20.9. The van der Waals surface area contributed by atoms with Gasteiger partial charge in [-0.05, 0) is 71.4 Å². The van der Waals surface area contributed by atoms with E-state index in [1.165, 1.54) is 25.3 Å². The van der Waals surface area contributed by atoms with Crippen LogP contribution >= 0.6 is 0 Å². The predicted octanol–water partition coefficient (Wildman–Crippen LogP) is 6.64. The predicted molar refractivity (Wildman–Crippen MR) is 137 cm³/mol. The van der Waals surface area contributed by atoms with E-state index in [4.69, 9.17) is 4.74 Å². The van der Waals surface area contributed by atoms with Crippen LogP contribution in [0.4, 0.5) is 0 Å². The van der Waals surface area contributed by atoms with E-state index in [1.807, 2.05) is 33.8 Å². The molecule has 0 bridgehead atoms. The molecule has 0 heterocycles. The minimum Gasteiger partial charge on any atom is -0.508 e. The van der Waals surface area contributed by atoms with Gasteiger partial charge in [-0.15, -0.1) is 6.58 Å². The topological polar surface area (TPSA) is 87.0 Å². The quantitative estimate of drug-likeness (QED) is 0.256. The lowest BCUT2D eigenvalue weighted by Gasteiger charge is -2.23. The summed E-state index contributed by atoms with van der Waals surface area (Å²) < 4.78 is 5.69. The fraction of sp³-hybridized carbons (Fsp3) is 0.345. The molecule has 0 saturated heterocycles. The van der Waals surface area contributed by atoms with E-state index in [1.54, 1.807) is 6.07 Å². The van der Waals surface area contributed by atoms with Crippen LogP contribution in [0.25, 0.3) is 0 Å². The molecule has 0 fully saturated rings. The van der Waals surface area contributed by atoms with Crippen molar-refractivity contribution in [3.8, 4) is 23.0 Å². The van der Waals surface area contributed by atoms with Crippen LogP contribution in [0.2, 0.25) is 0 Å². The largest absolute Gasteiger partial charge is 0.508 e. The van der Waals surface area contributed by atoms with Crippen LogP contribution in [0.15, 0.2) is 60.2 Å². The summed E-state index contributed by atoms with van der Waals surface area (Å²) in [6.07, 6.45) is 4.23. The first-order chi connectivity index (χ1) is 16.0. The Morgan fingerprint density at radius 2 is 1.71 bits per heavy atom. The smallest absolute Gasteiger partial charge is 0.200 e. The Morgan fingerprint density at radius 3 is 2.24 bits per heavy atom. The molecule has 5 nitrogen and oxygen atoms in total. The number of carbonyl (C=O) groups excluding carboxylic acids is 1. The van der Waals surface area contributed by atoms with Crippen molar-refractivity contribution in [1.82, 2.24) is 0 Å². The van der Waals surface area contributed by atoms with Crippen LogP contribution in [-0.4, -0.2) is 28.2 Å². The number of hydrogen-bond donors (Lipinski definition) is 3. The Labute approximate surface area is 202 Å². The van der Waals surface area contributed by atoms with Gasteiger partial charge in [0.05, 0.1) is 7.11 Å². The van der Waals surface area contributed by atoms with Crippen molar-refractivity contribution < 1.29 is 24.9 Å². The first-order valence-corrected chi connectivity index (χ1v) is 11.4. The number of ketones is 1. The third kappa shape index (κ3) is 6.31. The number of carbonyl (C=O) groups is 1. The Kier molecular flexibility index (Phi) is 9.13. The molecule has 0 saturated carbocycles. The highest BCUT2D eigenvalue weighted by molar-refractivity contribution is 6.13. The average molecular weight is 465 g/mol. The van der Waals surface area contributed by atoms with Gasteiger partial charge in [-0.1, -0.05) is 41.5 Å². The van der Waals surface area contributed by atoms with Gasteiger partial charge in [0.1, 0.15) is 28.6 Å². The number of allylic oxidation sites excluding steroid dienone is 4. The van der Waals surface area contributed by atoms with E-state index in [2.05, 4.69) is 13.2 Å². The SMILES string of the molecule is C=C(C)CCC(Cc1c(O)c(C(=O)c2cccc(O)c2)c(O)c(CC=C(C)C)c1OC)C(=C)C. The molecule has 34 heavy (non-hydrogen) atoms. The standard InChI is InChI=1S/C29H36O5/c1-17(2)11-13-20(19(5)6)16-24-28(33)25(26(31)21-9-8-10-22(30)15-21)27(32)23(29(24)34-7)14-12-18(3)4/h8-10,12,15,20,30,32-33H,1,5,11,13-14,16H2,2-4,6-7H3. The Bertz CT molecular complexity index is 1120. The molecular formula is C29H36O5. The fourth-order valence-electron chi connectivity index (χ4n) is 3.94. The minimum absolute atomic E-state index is 0.0149. The van der Waals surface area contributed by atoms with Crippen LogP contribution in [0, 0.1) is 5.92 Å². The van der Waals surface area contributed by atoms with E-state index in [9.17, 15) is 20.1 Å². The Balaban J connectivity index is 2.76. The van der Waals surface area contributed by atoms with E-state index in [-0.39, 0.29) is 34.3 Å². The molecule has 1 atom stereocenters. The molecule has 0 aliphatic heterocycles. The molecule has 0 aliphatic carbocycles. The van der Waals surface area contributed by atoms with Crippen molar-refractivity contribution >= 4 is 5.78 Å². The first-order valence-electron chi connectivity index (χ1n) is 11.4. The van der Waals surface area contributed by atoms with Gasteiger partial charge in [-0.3, -0.25) is 4.79 Å². The normalized spacial score (nSPS) is 11.6. The van der Waals surface area contributed by atoms with E-state index < -0.39 is 5.78 Å². The van der Waals surface area contributed by atoms with Gasteiger partial charge >= 0.3 is 0 Å². The number of hydrogen-bond acceptors (Lipinski definition) is 5. The highest BCUT2D eigenvalue weighted by Gasteiger charge is 2.30. The van der Waals surface area contributed by atoms with Crippen molar-refractivity contribution in [3.63, 3.8) is 0 Å². The third-order valence-electron chi connectivity index (χ3n) is 5.91. The second-order valence-electron chi connectivity index (χ2n) is 9.17. The van der Waals surface area contributed by atoms with Crippen molar-refractivity contribution in [1.29, 1.82) is 0 Å². The molecule has 2 rings (SSSR count). The number of rotatable bonds is 11. The highest BCUT2D eigenvalue weighted by atomic mass is 16.5. The lowest BCUT2D eigenvalue weighted by atomic mass is 9.84. The van der Waals surface area contributed by atoms with E-state index >= 15 is 0 Å². The molecular weight excluding hydrogens is 428 g/mol. The highest BCUT2D eigenvalue weighted by Crippen LogP contribution is 2.46. The molecule has 0 radical (unpaired) electrons. The number of ether oxygens (including phenoxy) is 1. The van der Waals surface area contributed by atoms with Crippen LogP contribution < -0.4 is 4.74 Å². The summed E-state index contributed by atoms with van der Waals surface area (Å²) in [5.74, 6) is -0.918. The van der Waals surface area contributed by atoms with Crippen molar-refractivity contribution in [2.75, 3.05) is 7.11 Å². The number of phenols is 3. The summed E-state index contributed by atoms with van der Waals surface area (Å²) in [6, 6.07) is 5.84. The summed E-state index contributed by atoms with van der Waals surface area (Å²) >= 11 is 0. The zero-order chi connectivity index (χ0) is 25.6. The molecule has 0 amide bonds. The maximum absolute atomic E-state index is 13.4. The molecule has 5 heteroatoms. The van der Waals surface area contributed by atoms with Gasteiger partial charge in [0.15, 0.2) is 0 Å². The monoisotopic (exact) mass is 464 g/mol. The lowest BCUT2D eigenvalue weighted by molar-refractivity contribution is 0.103. The Morgan fingerprint density at radius 1 is 1.06 bits per heavy atom. The van der Waals surface area contributed by atoms with Crippen molar-refractivity contribution in [2.45, 2.75) is 53.4 Å². The number of phenolic OH excluding ortho intramolecular Hbond substituents is 3. The summed E-state index contributed by atoms with van der Waals surface area (Å²) in [5.41, 5.74) is 3.89. The molecule has 182 valence electrons. The summed E-state index contributed by atoms with van der Waals surface area (Å²) in [4.78, 5) is 13.4. The first kappa shape index (κ1) is 26.8.